The first kappa shape index (κ1) is 10.9. The molecule has 0 bridgehead atoms. The molecule has 92 valence electrons. The molecule has 9 heteroatoms. The maximum Gasteiger partial charge on any atom is 0.255 e. The summed E-state index contributed by atoms with van der Waals surface area (Å²) in [6.07, 6.45) is 3.06. The van der Waals surface area contributed by atoms with Gasteiger partial charge in [0.2, 0.25) is 0 Å². The van der Waals surface area contributed by atoms with Gasteiger partial charge in [0.1, 0.15) is 23.6 Å². The number of rotatable bonds is 3. The van der Waals surface area contributed by atoms with Crippen LogP contribution in [0.15, 0.2) is 18.7 Å². The van der Waals surface area contributed by atoms with Gasteiger partial charge < -0.3 is 9.88 Å². The minimum absolute atomic E-state index is 0.357. The second-order valence-electron chi connectivity index (χ2n) is 3.65. The van der Waals surface area contributed by atoms with E-state index in [-0.39, 0.29) is 0 Å². The summed E-state index contributed by atoms with van der Waals surface area (Å²) in [5.74, 6) is 1.95. The Hall–Kier alpha value is -2.22. The average molecular weight is 265 g/mol. The van der Waals surface area contributed by atoms with E-state index in [4.69, 9.17) is 11.6 Å². The molecule has 8 nitrogen and oxygen atoms in total. The van der Waals surface area contributed by atoms with Crippen molar-refractivity contribution in [3.8, 4) is 0 Å². The summed E-state index contributed by atoms with van der Waals surface area (Å²) in [5.41, 5.74) is 0. The third kappa shape index (κ3) is 1.86. The predicted octanol–water partition coefficient (Wildman–Crippen LogP) is 0.518. The van der Waals surface area contributed by atoms with Crippen LogP contribution in [0, 0.1) is 0 Å². The fourth-order valence-corrected chi connectivity index (χ4v) is 1.72. The summed E-state index contributed by atoms with van der Waals surface area (Å²) in [7, 11) is 1.88. The molecule has 0 spiro atoms. The first-order valence-corrected chi connectivity index (χ1v) is 5.55. The van der Waals surface area contributed by atoms with E-state index in [2.05, 4.69) is 30.6 Å². The zero-order valence-corrected chi connectivity index (χ0v) is 10.2. The fraction of sp³-hybridized carbons (Fsp3) is 0.222. The van der Waals surface area contributed by atoms with Gasteiger partial charge in [-0.25, -0.2) is 0 Å². The Morgan fingerprint density at radius 2 is 2.33 bits per heavy atom. The molecule has 3 aromatic heterocycles. The van der Waals surface area contributed by atoms with Gasteiger partial charge >= 0.3 is 0 Å². The van der Waals surface area contributed by atoms with Crippen molar-refractivity contribution in [2.75, 3.05) is 5.32 Å². The largest absolute Gasteiger partial charge is 0.363 e. The van der Waals surface area contributed by atoms with Crippen LogP contribution in [-0.4, -0.2) is 34.3 Å². The molecular formula is C9H9ClN8. The van der Waals surface area contributed by atoms with E-state index in [1.165, 1.54) is 6.33 Å². The summed E-state index contributed by atoms with van der Waals surface area (Å²) in [6.45, 7) is 0.506. The summed E-state index contributed by atoms with van der Waals surface area (Å²) < 4.78 is 3.40. The van der Waals surface area contributed by atoms with Crippen molar-refractivity contribution in [2.45, 2.75) is 6.54 Å². The van der Waals surface area contributed by atoms with Crippen molar-refractivity contribution in [1.29, 1.82) is 0 Å². The number of hydrogen-bond acceptors (Lipinski definition) is 6. The number of nitrogens with zero attached hydrogens (tertiary/aromatic N) is 7. The predicted molar refractivity (Wildman–Crippen MR) is 64.1 cm³/mol. The number of anilines is 1. The molecule has 3 rings (SSSR count). The van der Waals surface area contributed by atoms with Crippen LogP contribution >= 0.6 is 11.6 Å². The molecule has 0 amide bonds. The highest BCUT2D eigenvalue weighted by Gasteiger charge is 2.07. The van der Waals surface area contributed by atoms with E-state index in [0.717, 1.165) is 5.82 Å². The minimum atomic E-state index is 0.357. The van der Waals surface area contributed by atoms with Crippen molar-refractivity contribution in [2.24, 2.45) is 7.05 Å². The molecule has 0 unspecified atom stereocenters. The molecule has 0 radical (unpaired) electrons. The van der Waals surface area contributed by atoms with Crippen molar-refractivity contribution in [1.82, 2.24) is 34.3 Å². The monoisotopic (exact) mass is 264 g/mol. The van der Waals surface area contributed by atoms with E-state index in [9.17, 15) is 0 Å². The van der Waals surface area contributed by atoms with Crippen molar-refractivity contribution in [3.05, 3.63) is 29.7 Å². The lowest BCUT2D eigenvalue weighted by Gasteiger charge is -2.07. The Kier molecular flexibility index (Phi) is 2.56. The van der Waals surface area contributed by atoms with E-state index >= 15 is 0 Å². The topological polar surface area (TPSA) is 85.8 Å². The van der Waals surface area contributed by atoms with Gasteiger partial charge in [-0.05, 0) is 0 Å². The number of aryl methyl sites for hydroxylation is 1. The summed E-state index contributed by atoms with van der Waals surface area (Å²) >= 11 is 5.91. The number of halogens is 1. The highest BCUT2D eigenvalue weighted by atomic mass is 35.5. The Labute approximate surface area is 107 Å². The van der Waals surface area contributed by atoms with Crippen molar-refractivity contribution in [3.63, 3.8) is 0 Å². The van der Waals surface area contributed by atoms with Gasteiger partial charge in [0.25, 0.3) is 5.78 Å². The van der Waals surface area contributed by atoms with Gasteiger partial charge in [0.05, 0.1) is 6.54 Å². The molecule has 3 aromatic rings. The smallest absolute Gasteiger partial charge is 0.255 e. The number of aromatic nitrogens is 7. The molecule has 0 aliphatic rings. The molecule has 0 aliphatic heterocycles. The van der Waals surface area contributed by atoms with Gasteiger partial charge in [-0.3, -0.25) is 0 Å². The Bertz CT molecular complexity index is 687. The van der Waals surface area contributed by atoms with Crippen molar-refractivity contribution < 1.29 is 0 Å². The van der Waals surface area contributed by atoms with Crippen LogP contribution in [0.1, 0.15) is 5.82 Å². The molecule has 0 saturated carbocycles. The Morgan fingerprint density at radius 1 is 1.44 bits per heavy atom. The highest BCUT2D eigenvalue weighted by molar-refractivity contribution is 6.29. The zero-order valence-electron chi connectivity index (χ0n) is 9.45. The second kappa shape index (κ2) is 4.22. The molecule has 0 fully saturated rings. The maximum absolute atomic E-state index is 5.91. The third-order valence-corrected chi connectivity index (χ3v) is 2.65. The number of hydrogen-bond donors (Lipinski definition) is 1. The van der Waals surface area contributed by atoms with Gasteiger partial charge in [-0.2, -0.15) is 19.6 Å². The van der Waals surface area contributed by atoms with Gasteiger partial charge in [0, 0.05) is 13.1 Å². The van der Waals surface area contributed by atoms with Crippen LogP contribution in [0.5, 0.6) is 0 Å². The molecular weight excluding hydrogens is 256 g/mol. The van der Waals surface area contributed by atoms with Gasteiger partial charge in [-0.15, -0.1) is 10.2 Å². The number of nitrogens with one attached hydrogen (secondary N) is 1. The van der Waals surface area contributed by atoms with Crippen LogP contribution in [0.25, 0.3) is 5.78 Å². The summed E-state index contributed by atoms with van der Waals surface area (Å²) in [4.78, 5) is 8.03. The van der Waals surface area contributed by atoms with E-state index < -0.39 is 0 Å². The van der Waals surface area contributed by atoms with Crippen LogP contribution in [0.2, 0.25) is 5.15 Å². The first-order valence-electron chi connectivity index (χ1n) is 5.17. The fourth-order valence-electron chi connectivity index (χ4n) is 1.55. The molecule has 1 N–H and O–H groups in total. The second-order valence-corrected chi connectivity index (χ2v) is 4.03. The highest BCUT2D eigenvalue weighted by Crippen LogP contribution is 2.14. The van der Waals surface area contributed by atoms with Gasteiger partial charge in [-0.1, -0.05) is 11.6 Å². The van der Waals surface area contributed by atoms with E-state index in [1.807, 2.05) is 11.6 Å². The zero-order chi connectivity index (χ0) is 12.5. The minimum Gasteiger partial charge on any atom is -0.363 e. The maximum atomic E-state index is 5.91. The lowest BCUT2D eigenvalue weighted by Crippen LogP contribution is -2.09. The van der Waals surface area contributed by atoms with Crippen LogP contribution in [0.4, 0.5) is 5.82 Å². The molecule has 0 saturated heterocycles. The summed E-state index contributed by atoms with van der Waals surface area (Å²) in [5, 5.41) is 15.4. The van der Waals surface area contributed by atoms with Gasteiger partial charge in [0.15, 0.2) is 5.82 Å². The normalized spacial score (nSPS) is 11.0. The van der Waals surface area contributed by atoms with Crippen LogP contribution in [0.3, 0.4) is 0 Å². The van der Waals surface area contributed by atoms with Crippen LogP contribution in [-0.2, 0) is 13.6 Å². The lowest BCUT2D eigenvalue weighted by molar-refractivity contribution is 0.803. The SMILES string of the molecule is Cn1cnnc1CNc1cc(Cl)nc2ncnn12. The average Bonchev–Trinajstić information content (AvgIpc) is 2.94. The van der Waals surface area contributed by atoms with Crippen molar-refractivity contribution >= 4 is 23.2 Å². The molecule has 3 heterocycles. The Balaban J connectivity index is 1.90. The quantitative estimate of drug-likeness (QED) is 0.694. The number of fused-ring (bicyclic) bond motifs is 1. The van der Waals surface area contributed by atoms with E-state index in [1.54, 1.807) is 16.9 Å². The first-order chi connectivity index (χ1) is 8.74. The molecule has 0 aromatic carbocycles. The molecule has 18 heavy (non-hydrogen) atoms. The standard InChI is InChI=1S/C9H9ClN8/c1-17-5-13-16-8(17)3-11-7-2-6(10)15-9-12-4-14-18(7)9/h2,4-5,11H,3H2,1H3. The van der Waals surface area contributed by atoms with E-state index in [0.29, 0.717) is 23.3 Å². The lowest BCUT2D eigenvalue weighted by atomic mass is 10.5. The molecule has 0 aliphatic carbocycles. The summed E-state index contributed by atoms with van der Waals surface area (Å²) in [6, 6.07) is 1.68. The third-order valence-electron chi connectivity index (χ3n) is 2.45. The Morgan fingerprint density at radius 3 is 3.11 bits per heavy atom. The van der Waals surface area contributed by atoms with Crippen LogP contribution < -0.4 is 5.32 Å². The molecule has 0 atom stereocenters.